The minimum Gasteiger partial charge on any atom is -0.351 e. The fourth-order valence-corrected chi connectivity index (χ4v) is 3.76. The number of nitrogens with one attached hydrogen (secondary N) is 3. The van der Waals surface area contributed by atoms with Gasteiger partial charge >= 0.3 is 0 Å². The lowest BCUT2D eigenvalue weighted by molar-refractivity contribution is -0.141. The molecule has 160 valence electrons. The third-order valence-corrected chi connectivity index (χ3v) is 5.30. The Balaban J connectivity index is 1.81. The third kappa shape index (κ3) is 5.92. The van der Waals surface area contributed by atoms with Gasteiger partial charge in [-0.1, -0.05) is 42.5 Å². The number of carbonyl (C=O) groups is 4. The fourth-order valence-electron chi connectivity index (χ4n) is 3.76. The van der Waals surface area contributed by atoms with Crippen LogP contribution in [0.3, 0.4) is 0 Å². The van der Waals surface area contributed by atoms with E-state index in [1.165, 1.54) is 4.90 Å². The van der Waals surface area contributed by atoms with Gasteiger partial charge in [0, 0.05) is 25.9 Å². The molecule has 0 radical (unpaired) electrons. The summed E-state index contributed by atoms with van der Waals surface area (Å²) in [7, 11) is 0. The molecule has 0 aliphatic carbocycles. The summed E-state index contributed by atoms with van der Waals surface area (Å²) in [5.74, 6) is -1.12. The Kier molecular flexibility index (Phi) is 7.59. The van der Waals surface area contributed by atoms with Gasteiger partial charge < -0.3 is 20.9 Å². The van der Waals surface area contributed by atoms with Crippen LogP contribution in [0.1, 0.15) is 31.2 Å². The Hall–Kier alpha value is -3.16. The van der Waals surface area contributed by atoms with E-state index in [4.69, 9.17) is 0 Å². The summed E-state index contributed by atoms with van der Waals surface area (Å²) in [5.41, 5.74) is 0.933. The lowest BCUT2D eigenvalue weighted by Gasteiger charge is -2.29. The van der Waals surface area contributed by atoms with Gasteiger partial charge in [0.15, 0.2) is 0 Å². The van der Waals surface area contributed by atoms with Gasteiger partial charge in [0.05, 0.1) is 6.54 Å². The van der Waals surface area contributed by atoms with Gasteiger partial charge in [-0.05, 0) is 24.8 Å². The molecule has 2 heterocycles. The van der Waals surface area contributed by atoms with Crippen LogP contribution >= 0.6 is 0 Å². The van der Waals surface area contributed by atoms with Crippen LogP contribution in [-0.2, 0) is 25.6 Å². The maximum atomic E-state index is 13.3. The van der Waals surface area contributed by atoms with Gasteiger partial charge in [0.25, 0.3) is 0 Å². The molecule has 0 saturated carbocycles. The second-order valence-electron chi connectivity index (χ2n) is 7.53. The second kappa shape index (κ2) is 10.6. The lowest BCUT2D eigenvalue weighted by atomic mass is 10.0. The summed E-state index contributed by atoms with van der Waals surface area (Å²) < 4.78 is 0. The van der Waals surface area contributed by atoms with E-state index in [9.17, 15) is 19.2 Å². The molecule has 4 amide bonds. The molecule has 0 spiro atoms. The normalized spacial score (nSPS) is 25.1. The number of nitrogens with zero attached hydrogens (tertiary/aromatic N) is 1. The van der Waals surface area contributed by atoms with Crippen LogP contribution in [0.5, 0.6) is 0 Å². The standard InChI is InChI=1S/C22H28N4O4/c27-19-11-5-2-6-12-23-20(28)15-24-21(29)18-10-7-13-26(18)22(30)17(25-19)14-16-8-3-1-4-9-16/h1-4,6,8-9,17-18H,5,7,10-15H2,(H,23,28)(H,24,29)(H,25,27)/b6-2+/t17-,18+/m1/s1. The summed E-state index contributed by atoms with van der Waals surface area (Å²) in [6.07, 6.45) is 5.93. The maximum absolute atomic E-state index is 13.3. The minimum absolute atomic E-state index is 0.130. The molecule has 3 rings (SSSR count). The van der Waals surface area contributed by atoms with E-state index in [1.54, 1.807) is 6.08 Å². The summed E-state index contributed by atoms with van der Waals surface area (Å²) in [6, 6.07) is 8.12. The quantitative estimate of drug-likeness (QED) is 0.607. The van der Waals surface area contributed by atoms with E-state index >= 15 is 0 Å². The molecule has 0 unspecified atom stereocenters. The summed E-state index contributed by atoms with van der Waals surface area (Å²) in [4.78, 5) is 51.8. The number of carbonyl (C=O) groups excluding carboxylic acids is 4. The second-order valence-corrected chi connectivity index (χ2v) is 7.53. The van der Waals surface area contributed by atoms with Crippen molar-refractivity contribution < 1.29 is 19.2 Å². The van der Waals surface area contributed by atoms with Crippen molar-refractivity contribution in [1.29, 1.82) is 0 Å². The molecule has 1 saturated heterocycles. The topological polar surface area (TPSA) is 108 Å². The number of rotatable bonds is 2. The van der Waals surface area contributed by atoms with Gasteiger partial charge in [0.2, 0.25) is 23.6 Å². The lowest BCUT2D eigenvalue weighted by Crippen LogP contribution is -2.54. The van der Waals surface area contributed by atoms with E-state index in [0.29, 0.717) is 38.8 Å². The van der Waals surface area contributed by atoms with Crippen molar-refractivity contribution in [2.75, 3.05) is 19.6 Å². The highest BCUT2D eigenvalue weighted by Gasteiger charge is 2.37. The molecule has 2 aliphatic heterocycles. The van der Waals surface area contributed by atoms with E-state index in [-0.39, 0.29) is 36.6 Å². The highest BCUT2D eigenvalue weighted by atomic mass is 16.2. The number of allylic oxidation sites excluding steroid dienone is 1. The first-order valence-electron chi connectivity index (χ1n) is 10.4. The zero-order valence-electron chi connectivity index (χ0n) is 16.9. The van der Waals surface area contributed by atoms with Gasteiger partial charge in [-0.15, -0.1) is 0 Å². The average molecular weight is 412 g/mol. The van der Waals surface area contributed by atoms with Crippen molar-refractivity contribution in [3.05, 3.63) is 48.0 Å². The highest BCUT2D eigenvalue weighted by Crippen LogP contribution is 2.20. The van der Waals surface area contributed by atoms with Crippen LogP contribution in [0, 0.1) is 0 Å². The SMILES string of the molecule is O=C1CNC(=O)[C@@H]2CCCN2C(=O)[C@@H](Cc2ccccc2)NC(=O)CC/C=C/CN1. The first kappa shape index (κ1) is 21.5. The molecule has 8 nitrogen and oxygen atoms in total. The zero-order valence-corrected chi connectivity index (χ0v) is 16.9. The number of fused-ring (bicyclic) bond motifs is 1. The molecular formula is C22H28N4O4. The molecule has 30 heavy (non-hydrogen) atoms. The number of hydrogen-bond donors (Lipinski definition) is 3. The summed E-state index contributed by atoms with van der Waals surface area (Å²) in [5, 5.41) is 8.17. The molecule has 3 N–H and O–H groups in total. The summed E-state index contributed by atoms with van der Waals surface area (Å²) in [6.45, 7) is 0.656. The molecular weight excluding hydrogens is 384 g/mol. The first-order chi connectivity index (χ1) is 14.5. The van der Waals surface area contributed by atoms with Crippen molar-refractivity contribution in [2.45, 2.75) is 44.2 Å². The highest BCUT2D eigenvalue weighted by molar-refractivity contribution is 5.94. The van der Waals surface area contributed by atoms with Crippen LogP contribution in [0.4, 0.5) is 0 Å². The van der Waals surface area contributed by atoms with E-state index in [0.717, 1.165) is 5.56 Å². The van der Waals surface area contributed by atoms with Crippen LogP contribution in [0.15, 0.2) is 42.5 Å². The monoisotopic (exact) mass is 412 g/mol. The Bertz CT molecular complexity index is 809. The smallest absolute Gasteiger partial charge is 0.246 e. The number of benzene rings is 1. The van der Waals surface area contributed by atoms with Gasteiger partial charge in [-0.3, -0.25) is 19.2 Å². The van der Waals surface area contributed by atoms with Gasteiger partial charge in [-0.2, -0.15) is 0 Å². The van der Waals surface area contributed by atoms with Crippen molar-refractivity contribution in [2.24, 2.45) is 0 Å². The Morgan fingerprint density at radius 3 is 2.57 bits per heavy atom. The summed E-state index contributed by atoms with van der Waals surface area (Å²) >= 11 is 0. The van der Waals surface area contributed by atoms with Crippen LogP contribution in [0.2, 0.25) is 0 Å². The average Bonchev–Trinajstić information content (AvgIpc) is 3.23. The predicted molar refractivity (Wildman–Crippen MR) is 111 cm³/mol. The first-order valence-corrected chi connectivity index (χ1v) is 10.4. The maximum Gasteiger partial charge on any atom is 0.246 e. The molecule has 2 aliphatic rings. The zero-order chi connectivity index (χ0) is 21.3. The van der Waals surface area contributed by atoms with Gasteiger partial charge in [0.1, 0.15) is 12.1 Å². The van der Waals surface area contributed by atoms with Crippen molar-refractivity contribution >= 4 is 23.6 Å². The molecule has 2 atom stereocenters. The van der Waals surface area contributed by atoms with Crippen LogP contribution in [-0.4, -0.2) is 60.2 Å². The Morgan fingerprint density at radius 1 is 0.967 bits per heavy atom. The molecule has 0 bridgehead atoms. The Morgan fingerprint density at radius 2 is 1.77 bits per heavy atom. The largest absolute Gasteiger partial charge is 0.351 e. The Labute approximate surface area is 176 Å². The van der Waals surface area contributed by atoms with Crippen molar-refractivity contribution in [3.8, 4) is 0 Å². The molecule has 1 fully saturated rings. The van der Waals surface area contributed by atoms with Crippen molar-refractivity contribution in [1.82, 2.24) is 20.9 Å². The molecule has 0 aromatic heterocycles. The number of hydrogen-bond acceptors (Lipinski definition) is 4. The minimum atomic E-state index is -0.742. The van der Waals surface area contributed by atoms with Crippen LogP contribution in [0.25, 0.3) is 0 Å². The predicted octanol–water partition coefficient (Wildman–Crippen LogP) is 0.287. The van der Waals surface area contributed by atoms with Crippen molar-refractivity contribution in [3.63, 3.8) is 0 Å². The van der Waals surface area contributed by atoms with E-state index < -0.39 is 12.1 Å². The third-order valence-electron chi connectivity index (χ3n) is 5.30. The molecule has 1 aromatic rings. The molecule has 1 aromatic carbocycles. The fraction of sp³-hybridized carbons (Fsp3) is 0.455. The van der Waals surface area contributed by atoms with E-state index in [1.807, 2.05) is 36.4 Å². The van der Waals surface area contributed by atoms with E-state index in [2.05, 4.69) is 16.0 Å². The molecule has 8 heteroatoms. The van der Waals surface area contributed by atoms with Crippen LogP contribution < -0.4 is 16.0 Å². The van der Waals surface area contributed by atoms with Gasteiger partial charge in [-0.25, -0.2) is 0 Å². The number of amides is 4.